The van der Waals surface area contributed by atoms with Crippen molar-refractivity contribution < 1.29 is 4.79 Å². The molecule has 3 rings (SSSR count). The molecule has 1 aromatic heterocycles. The van der Waals surface area contributed by atoms with E-state index in [4.69, 9.17) is 4.98 Å². The first-order valence-electron chi connectivity index (χ1n) is 8.08. The van der Waals surface area contributed by atoms with Gasteiger partial charge in [-0.15, -0.1) is 11.3 Å². The van der Waals surface area contributed by atoms with Crippen LogP contribution in [0.2, 0.25) is 0 Å². The molecule has 2 heterocycles. The second kappa shape index (κ2) is 5.17. The maximum Gasteiger partial charge on any atom is 0.182 e. The third-order valence-corrected chi connectivity index (χ3v) is 7.09. The van der Waals surface area contributed by atoms with E-state index in [0.717, 1.165) is 43.1 Å². The van der Waals surface area contributed by atoms with Crippen molar-refractivity contribution in [2.75, 3.05) is 13.1 Å². The summed E-state index contributed by atoms with van der Waals surface area (Å²) >= 11 is 1.79. The minimum atomic E-state index is 0.0452. The topological polar surface area (TPSA) is 42.0 Å². The smallest absolute Gasteiger partial charge is 0.182 e. The number of hydrogen-bond acceptors (Lipinski definition) is 4. The van der Waals surface area contributed by atoms with Crippen molar-refractivity contribution in [2.45, 2.75) is 58.8 Å². The van der Waals surface area contributed by atoms with Crippen molar-refractivity contribution in [3.05, 3.63) is 15.6 Å². The van der Waals surface area contributed by atoms with E-state index in [1.165, 1.54) is 4.88 Å². The van der Waals surface area contributed by atoms with E-state index < -0.39 is 0 Å². The van der Waals surface area contributed by atoms with Crippen LogP contribution in [-0.4, -0.2) is 23.9 Å². The van der Waals surface area contributed by atoms with E-state index in [2.05, 4.69) is 33.0 Å². The number of thiazole rings is 1. The molecule has 0 atom stereocenters. The lowest BCUT2D eigenvalue weighted by molar-refractivity contribution is 0.0833. The minimum Gasteiger partial charge on any atom is -0.317 e. The lowest BCUT2D eigenvalue weighted by atomic mass is 9.69. The highest BCUT2D eigenvalue weighted by Gasteiger charge is 2.42. The molecule has 1 aromatic rings. The number of ketones is 1. The largest absolute Gasteiger partial charge is 0.317 e. The van der Waals surface area contributed by atoms with Crippen molar-refractivity contribution in [3.8, 4) is 0 Å². The molecule has 21 heavy (non-hydrogen) atoms. The van der Waals surface area contributed by atoms with Crippen molar-refractivity contribution in [1.82, 2.24) is 10.3 Å². The van der Waals surface area contributed by atoms with Crippen molar-refractivity contribution >= 4 is 17.1 Å². The number of carbonyl (C=O) groups is 1. The average molecular weight is 306 g/mol. The number of carbonyl (C=O) groups excluding carboxylic acids is 1. The Labute approximate surface area is 131 Å². The fourth-order valence-electron chi connectivity index (χ4n) is 3.35. The normalized spacial score (nSPS) is 21.9. The van der Waals surface area contributed by atoms with Crippen LogP contribution in [0.1, 0.15) is 67.3 Å². The van der Waals surface area contributed by atoms with Crippen LogP contribution in [-0.2, 0) is 11.8 Å². The van der Waals surface area contributed by atoms with E-state index in [1.807, 2.05) is 0 Å². The molecule has 116 valence electrons. The Morgan fingerprint density at radius 3 is 2.52 bits per heavy atom. The Bertz CT molecular complexity index is 553. The summed E-state index contributed by atoms with van der Waals surface area (Å²) in [6, 6.07) is 0. The van der Waals surface area contributed by atoms with Gasteiger partial charge in [-0.1, -0.05) is 27.7 Å². The monoisotopic (exact) mass is 306 g/mol. The van der Waals surface area contributed by atoms with Crippen LogP contribution in [0.4, 0.5) is 0 Å². The second-order valence-corrected chi connectivity index (χ2v) is 8.78. The number of aromatic nitrogens is 1. The zero-order chi connectivity index (χ0) is 15.3. The van der Waals surface area contributed by atoms with Gasteiger partial charge in [-0.3, -0.25) is 4.79 Å². The minimum absolute atomic E-state index is 0.0452. The van der Waals surface area contributed by atoms with Crippen molar-refractivity contribution in [1.29, 1.82) is 0 Å². The van der Waals surface area contributed by atoms with Gasteiger partial charge in [0.25, 0.3) is 0 Å². The highest BCUT2D eigenvalue weighted by Crippen LogP contribution is 2.45. The first kappa shape index (κ1) is 15.2. The Morgan fingerprint density at radius 1 is 1.24 bits per heavy atom. The van der Waals surface area contributed by atoms with Crippen LogP contribution in [0.15, 0.2) is 0 Å². The summed E-state index contributed by atoms with van der Waals surface area (Å²) in [4.78, 5) is 18.6. The van der Waals surface area contributed by atoms with Crippen LogP contribution < -0.4 is 5.32 Å². The number of Topliss-reactive ketones (excluding diaryl/α,β-unsaturated/α-hetero) is 1. The summed E-state index contributed by atoms with van der Waals surface area (Å²) in [5.41, 5.74) is 1.04. The standard InChI is InChI=1S/C17H26N2OS/c1-11(2)16(3,4)15-19-14-12(20)9-17(10-13(14)21-15)5-7-18-8-6-17/h11,18H,5-10H2,1-4H3. The van der Waals surface area contributed by atoms with Crippen LogP contribution >= 0.6 is 11.3 Å². The Kier molecular flexibility index (Phi) is 3.73. The molecule has 1 saturated heterocycles. The Balaban J connectivity index is 1.94. The summed E-state index contributed by atoms with van der Waals surface area (Å²) in [6.45, 7) is 11.0. The van der Waals surface area contributed by atoms with Gasteiger partial charge < -0.3 is 5.32 Å². The van der Waals surface area contributed by atoms with Crippen LogP contribution in [0.25, 0.3) is 0 Å². The van der Waals surface area contributed by atoms with Crippen LogP contribution in [0.5, 0.6) is 0 Å². The van der Waals surface area contributed by atoms with Gasteiger partial charge in [0.2, 0.25) is 0 Å². The van der Waals surface area contributed by atoms with Crippen molar-refractivity contribution in [3.63, 3.8) is 0 Å². The molecule has 1 fully saturated rings. The number of hydrogen-bond donors (Lipinski definition) is 1. The predicted octanol–water partition coefficient (Wildman–Crippen LogP) is 3.58. The molecule has 0 unspecified atom stereocenters. The molecule has 0 bridgehead atoms. The number of nitrogens with one attached hydrogen (secondary N) is 1. The van der Waals surface area contributed by atoms with Gasteiger partial charge in [-0.05, 0) is 43.7 Å². The molecule has 0 amide bonds. The predicted molar refractivity (Wildman–Crippen MR) is 87.2 cm³/mol. The van der Waals surface area contributed by atoms with E-state index >= 15 is 0 Å². The van der Waals surface area contributed by atoms with Gasteiger partial charge in [-0.2, -0.15) is 0 Å². The first-order chi connectivity index (χ1) is 9.84. The first-order valence-corrected chi connectivity index (χ1v) is 8.90. The van der Waals surface area contributed by atoms with Crippen LogP contribution in [0.3, 0.4) is 0 Å². The number of rotatable bonds is 2. The molecular formula is C17H26N2OS. The summed E-state index contributed by atoms with van der Waals surface area (Å²) in [5, 5.41) is 4.56. The van der Waals surface area contributed by atoms with Gasteiger partial charge in [0, 0.05) is 16.7 Å². The van der Waals surface area contributed by atoms with Crippen molar-refractivity contribution in [2.24, 2.45) is 11.3 Å². The lowest BCUT2D eigenvalue weighted by Gasteiger charge is -2.39. The zero-order valence-corrected chi connectivity index (χ0v) is 14.4. The molecule has 2 aliphatic rings. The van der Waals surface area contributed by atoms with Crippen LogP contribution in [0, 0.1) is 11.3 Å². The van der Waals surface area contributed by atoms with Gasteiger partial charge in [0.15, 0.2) is 5.78 Å². The molecule has 1 N–H and O–H groups in total. The molecule has 1 aliphatic carbocycles. The Morgan fingerprint density at radius 2 is 1.90 bits per heavy atom. The molecular weight excluding hydrogens is 280 g/mol. The molecule has 0 aromatic carbocycles. The van der Waals surface area contributed by atoms with Gasteiger partial charge >= 0.3 is 0 Å². The highest BCUT2D eigenvalue weighted by atomic mass is 32.1. The summed E-state index contributed by atoms with van der Waals surface area (Å²) < 4.78 is 0. The van der Waals surface area contributed by atoms with Gasteiger partial charge in [0.05, 0.1) is 5.01 Å². The van der Waals surface area contributed by atoms with Gasteiger partial charge in [-0.25, -0.2) is 4.98 Å². The van der Waals surface area contributed by atoms with E-state index in [9.17, 15) is 4.79 Å². The Hall–Kier alpha value is -0.740. The van der Waals surface area contributed by atoms with E-state index in [1.54, 1.807) is 11.3 Å². The highest BCUT2D eigenvalue weighted by molar-refractivity contribution is 7.12. The SMILES string of the molecule is CC(C)C(C)(C)c1nc2c(s1)CC1(CCNCC1)CC2=O. The summed E-state index contributed by atoms with van der Waals surface area (Å²) in [5.74, 6) is 0.799. The molecule has 0 saturated carbocycles. The van der Waals surface area contributed by atoms with E-state index in [0.29, 0.717) is 12.3 Å². The second-order valence-electron chi connectivity index (χ2n) is 7.69. The van der Waals surface area contributed by atoms with Gasteiger partial charge in [0.1, 0.15) is 5.69 Å². The molecule has 3 nitrogen and oxygen atoms in total. The molecule has 0 radical (unpaired) electrons. The third kappa shape index (κ3) is 2.57. The fourth-order valence-corrected chi connectivity index (χ4v) is 4.85. The quantitative estimate of drug-likeness (QED) is 0.908. The molecule has 1 spiro atoms. The zero-order valence-electron chi connectivity index (χ0n) is 13.6. The summed E-state index contributed by atoms with van der Waals surface area (Å²) in [6.07, 6.45) is 4.01. The summed E-state index contributed by atoms with van der Waals surface area (Å²) in [7, 11) is 0. The average Bonchev–Trinajstić information content (AvgIpc) is 2.84. The molecule has 4 heteroatoms. The maximum absolute atomic E-state index is 12.6. The number of nitrogens with zero attached hydrogens (tertiary/aromatic N) is 1. The number of piperidine rings is 1. The third-order valence-electron chi connectivity index (χ3n) is 5.69. The fraction of sp³-hybridized carbons (Fsp3) is 0.765. The van der Waals surface area contributed by atoms with E-state index in [-0.39, 0.29) is 16.6 Å². The molecule has 1 aliphatic heterocycles. The lowest BCUT2D eigenvalue weighted by Crippen LogP contribution is -2.41. The maximum atomic E-state index is 12.6. The number of fused-ring (bicyclic) bond motifs is 1.